The summed E-state index contributed by atoms with van der Waals surface area (Å²) in [6, 6.07) is 17.2. The van der Waals surface area contributed by atoms with E-state index in [-0.39, 0.29) is 18.1 Å². The number of imidazole rings is 1. The Labute approximate surface area is 284 Å². The van der Waals surface area contributed by atoms with Crippen LogP contribution in [0.3, 0.4) is 0 Å². The molecule has 1 fully saturated rings. The zero-order valence-corrected chi connectivity index (χ0v) is 27.7. The molecule has 0 bridgehead atoms. The molecule has 3 aliphatic heterocycles. The summed E-state index contributed by atoms with van der Waals surface area (Å²) in [5, 5.41) is 11.8. The van der Waals surface area contributed by atoms with Gasteiger partial charge in [-0.15, -0.1) is 0 Å². The number of methoxy groups -OCH3 is 2. The number of para-hydroxylation sites is 1. The van der Waals surface area contributed by atoms with Crippen LogP contribution < -0.4 is 29.2 Å². The molecule has 7 rings (SSSR count). The van der Waals surface area contributed by atoms with Gasteiger partial charge in [0, 0.05) is 43.9 Å². The number of nitrogens with zero attached hydrogens (tertiary/aromatic N) is 3. The summed E-state index contributed by atoms with van der Waals surface area (Å²) in [5.74, 6) is 1.87. The number of unbranched alkanes of at least 4 members (excludes halogenated alkanes) is 1. The molecular formula is C37H41N5O7. The quantitative estimate of drug-likeness (QED) is 0.206. The van der Waals surface area contributed by atoms with Gasteiger partial charge in [0.05, 0.1) is 42.9 Å². The zero-order valence-electron chi connectivity index (χ0n) is 27.7. The lowest BCUT2D eigenvalue weighted by Crippen LogP contribution is -2.46. The van der Waals surface area contributed by atoms with Crippen molar-refractivity contribution in [2.45, 2.75) is 12.8 Å². The maximum absolute atomic E-state index is 12.6. The molecule has 256 valence electrons. The van der Waals surface area contributed by atoms with E-state index in [4.69, 9.17) is 24.1 Å². The first kappa shape index (κ1) is 33.4. The zero-order chi connectivity index (χ0) is 34.2. The Bertz CT molecular complexity index is 1860. The third-order valence-corrected chi connectivity index (χ3v) is 8.75. The van der Waals surface area contributed by atoms with Gasteiger partial charge in [-0.05, 0) is 80.1 Å². The van der Waals surface area contributed by atoms with E-state index in [2.05, 4.69) is 43.3 Å². The van der Waals surface area contributed by atoms with Crippen LogP contribution in [0.4, 0.5) is 5.69 Å². The van der Waals surface area contributed by atoms with Gasteiger partial charge in [-0.3, -0.25) is 9.69 Å². The molecule has 3 aromatic carbocycles. The molecule has 0 radical (unpaired) electrons. The molecule has 0 aliphatic carbocycles. The van der Waals surface area contributed by atoms with Crippen molar-refractivity contribution in [3.8, 4) is 23.0 Å². The van der Waals surface area contributed by atoms with Crippen LogP contribution in [0.5, 0.6) is 23.0 Å². The van der Waals surface area contributed by atoms with E-state index in [9.17, 15) is 9.59 Å². The first-order valence-electron chi connectivity index (χ1n) is 16.4. The molecule has 3 N–H and O–H groups in total. The molecule has 4 aromatic rings. The number of carbonyl (C=O) groups is 2. The fraction of sp³-hybridized carbons (Fsp3) is 0.324. The molecule has 1 amide bonds. The smallest absolute Gasteiger partial charge is 0.335 e. The van der Waals surface area contributed by atoms with E-state index in [0.29, 0.717) is 30.2 Å². The molecule has 12 nitrogen and oxygen atoms in total. The van der Waals surface area contributed by atoms with Crippen molar-refractivity contribution in [1.29, 1.82) is 0 Å². The van der Waals surface area contributed by atoms with Crippen LogP contribution in [0, 0.1) is 0 Å². The number of ether oxygens (including phenoxy) is 4. The monoisotopic (exact) mass is 667 g/mol. The highest BCUT2D eigenvalue weighted by Gasteiger charge is 2.20. The van der Waals surface area contributed by atoms with E-state index in [1.165, 1.54) is 5.69 Å². The number of aromatic nitrogens is 2. The number of aromatic amines is 1. The number of hydrogen-bond acceptors (Lipinski definition) is 9. The second kappa shape index (κ2) is 15.6. The number of amides is 1. The van der Waals surface area contributed by atoms with E-state index < -0.39 is 5.97 Å². The summed E-state index contributed by atoms with van der Waals surface area (Å²) in [4.78, 5) is 35.9. The van der Waals surface area contributed by atoms with E-state index >= 15 is 0 Å². The third kappa shape index (κ3) is 8.15. The van der Waals surface area contributed by atoms with Crippen molar-refractivity contribution in [3.05, 3.63) is 83.2 Å². The Morgan fingerprint density at radius 1 is 0.878 bits per heavy atom. The largest absolute Gasteiger partial charge is 0.497 e. The number of H-pyrrole nitrogens is 1. The normalized spacial score (nSPS) is 15.3. The fourth-order valence-electron chi connectivity index (χ4n) is 6.01. The molecule has 4 heterocycles. The molecule has 0 unspecified atom stereocenters. The topological polar surface area (TPSA) is 138 Å². The summed E-state index contributed by atoms with van der Waals surface area (Å²) in [5.41, 5.74) is 5.84. The highest BCUT2D eigenvalue weighted by atomic mass is 16.5. The summed E-state index contributed by atoms with van der Waals surface area (Å²) in [7, 11) is 3.19. The molecule has 3 aliphatic rings. The van der Waals surface area contributed by atoms with E-state index in [1.807, 2.05) is 24.3 Å². The van der Waals surface area contributed by atoms with Gasteiger partial charge < -0.3 is 39.3 Å². The SMILES string of the molecule is COc1ccc2c(c1)C=C(C(=O)NCCCCN1CCN(c3cccc4[nH]cnc34)CC1)CO2.COc1ccc2c(c1)C=C(C(=O)O)CO2. The highest BCUT2D eigenvalue weighted by molar-refractivity contribution is 5.99. The van der Waals surface area contributed by atoms with Gasteiger partial charge in [0.1, 0.15) is 41.7 Å². The number of rotatable bonds is 10. The van der Waals surface area contributed by atoms with Crippen LogP contribution in [0.1, 0.15) is 24.0 Å². The van der Waals surface area contributed by atoms with Gasteiger partial charge >= 0.3 is 5.97 Å². The number of anilines is 1. The first-order chi connectivity index (χ1) is 23.9. The molecule has 12 heteroatoms. The number of hydrogen-bond donors (Lipinski definition) is 3. The first-order valence-corrected chi connectivity index (χ1v) is 16.4. The lowest BCUT2D eigenvalue weighted by atomic mass is 10.1. The number of carbonyl (C=O) groups excluding carboxylic acids is 1. The molecule has 49 heavy (non-hydrogen) atoms. The van der Waals surface area contributed by atoms with Crippen LogP contribution in [-0.2, 0) is 9.59 Å². The lowest BCUT2D eigenvalue weighted by molar-refractivity contribution is -0.133. The number of aliphatic carboxylic acids is 1. The average Bonchev–Trinajstić information content (AvgIpc) is 3.63. The predicted molar refractivity (Wildman–Crippen MR) is 188 cm³/mol. The molecule has 0 saturated carbocycles. The minimum Gasteiger partial charge on any atom is -0.497 e. The van der Waals surface area contributed by atoms with Crippen LogP contribution in [0.25, 0.3) is 23.2 Å². The Morgan fingerprint density at radius 3 is 2.18 bits per heavy atom. The third-order valence-electron chi connectivity index (χ3n) is 8.75. The van der Waals surface area contributed by atoms with Crippen molar-refractivity contribution in [2.75, 3.05) is 71.6 Å². The Balaban J connectivity index is 0.000000232. The Hall–Kier alpha value is -5.49. The number of fused-ring (bicyclic) bond motifs is 3. The van der Waals surface area contributed by atoms with Gasteiger partial charge in [-0.1, -0.05) is 6.07 Å². The maximum atomic E-state index is 12.6. The van der Waals surface area contributed by atoms with Gasteiger partial charge in [0.25, 0.3) is 5.91 Å². The Kier molecular flexibility index (Phi) is 10.6. The minimum absolute atomic E-state index is 0.0605. The molecule has 1 saturated heterocycles. The van der Waals surface area contributed by atoms with Crippen LogP contribution in [-0.4, -0.2) is 98.6 Å². The van der Waals surface area contributed by atoms with Gasteiger partial charge in [0.15, 0.2) is 0 Å². The standard InChI is InChI=1S/C26H31N5O3.C11H10O4/c1-33-21-7-8-24-19(16-21)15-20(17-34-24)26(32)27-9-2-3-10-30-11-13-31(14-12-30)23-6-4-5-22-25(23)29-18-28-22;1-14-9-2-3-10-7(5-9)4-8(6-15-10)11(12)13/h4-8,15-16,18H,2-3,9-14,17H2,1H3,(H,27,32)(H,28,29);2-5H,6H2,1H3,(H,12,13). The summed E-state index contributed by atoms with van der Waals surface area (Å²) in [6.45, 7) is 6.21. The minimum atomic E-state index is -0.955. The predicted octanol–water partition coefficient (Wildman–Crippen LogP) is 4.62. The van der Waals surface area contributed by atoms with Gasteiger partial charge in [0.2, 0.25) is 0 Å². The second-order valence-corrected chi connectivity index (χ2v) is 11.9. The number of piperazine rings is 1. The number of carboxylic acid groups (broad SMARTS) is 1. The Morgan fingerprint density at radius 2 is 1.53 bits per heavy atom. The van der Waals surface area contributed by atoms with Crippen molar-refractivity contribution in [1.82, 2.24) is 20.2 Å². The van der Waals surface area contributed by atoms with E-state index in [1.54, 1.807) is 44.8 Å². The van der Waals surface area contributed by atoms with Crippen LogP contribution in [0.2, 0.25) is 0 Å². The van der Waals surface area contributed by atoms with Crippen molar-refractivity contribution < 1.29 is 33.6 Å². The van der Waals surface area contributed by atoms with Crippen molar-refractivity contribution >= 4 is 40.7 Å². The van der Waals surface area contributed by atoms with Crippen LogP contribution in [0.15, 0.2) is 72.1 Å². The number of benzene rings is 3. The average molecular weight is 668 g/mol. The molecule has 0 atom stereocenters. The summed E-state index contributed by atoms with van der Waals surface area (Å²) >= 11 is 0. The molecule has 0 spiro atoms. The fourth-order valence-corrected chi connectivity index (χ4v) is 6.01. The second-order valence-electron chi connectivity index (χ2n) is 11.9. The number of carboxylic acids is 1. The van der Waals surface area contributed by atoms with Gasteiger partial charge in [-0.25, -0.2) is 9.78 Å². The summed E-state index contributed by atoms with van der Waals surface area (Å²) < 4.78 is 21.3. The highest BCUT2D eigenvalue weighted by Crippen LogP contribution is 2.31. The lowest BCUT2D eigenvalue weighted by Gasteiger charge is -2.36. The molecular weight excluding hydrogens is 626 g/mol. The van der Waals surface area contributed by atoms with Crippen molar-refractivity contribution in [2.24, 2.45) is 0 Å². The van der Waals surface area contributed by atoms with Crippen molar-refractivity contribution in [3.63, 3.8) is 0 Å². The number of nitrogens with one attached hydrogen (secondary N) is 2. The summed E-state index contributed by atoms with van der Waals surface area (Å²) in [6.07, 6.45) is 7.27. The molecule has 1 aromatic heterocycles. The van der Waals surface area contributed by atoms with Gasteiger partial charge in [-0.2, -0.15) is 0 Å². The van der Waals surface area contributed by atoms with Crippen LogP contribution >= 0.6 is 0 Å². The van der Waals surface area contributed by atoms with E-state index in [0.717, 1.165) is 79.2 Å². The maximum Gasteiger partial charge on any atom is 0.335 e.